The Hall–Kier alpha value is -2.25. The highest BCUT2D eigenvalue weighted by Gasteiger charge is 2.31. The molecular formula is C21H28FN3O3. The van der Waals surface area contributed by atoms with E-state index >= 15 is 0 Å². The molecule has 152 valence electrons. The number of rotatable bonds is 4. The first-order valence-corrected chi connectivity index (χ1v) is 9.84. The van der Waals surface area contributed by atoms with E-state index in [1.54, 1.807) is 4.90 Å². The second-order valence-corrected chi connectivity index (χ2v) is 7.60. The van der Waals surface area contributed by atoms with Gasteiger partial charge in [-0.15, -0.1) is 0 Å². The van der Waals surface area contributed by atoms with Gasteiger partial charge in [0.25, 0.3) is 0 Å². The first-order chi connectivity index (χ1) is 13.4. The second kappa shape index (κ2) is 9.30. The number of halogens is 1. The van der Waals surface area contributed by atoms with E-state index in [0.29, 0.717) is 24.8 Å². The standard InChI is InChI=1S/C21H28FN3O3/c1-15-13-25(14-16(2)28-15)19-9-11-24(12-10-19)21(27)8-7-20(26)23-18-5-3-17(22)4-6-18/h3-8,15-16,19H,9-14H2,1-2H3,(H,23,26)/b8-7+/t15-,16+. The minimum atomic E-state index is -0.411. The van der Waals surface area contributed by atoms with Gasteiger partial charge in [-0.3, -0.25) is 14.5 Å². The first kappa shape index (κ1) is 20.5. The van der Waals surface area contributed by atoms with Gasteiger partial charge < -0.3 is 15.0 Å². The Balaban J connectivity index is 1.45. The van der Waals surface area contributed by atoms with Gasteiger partial charge in [0, 0.05) is 50.1 Å². The molecule has 0 bridgehead atoms. The molecule has 0 unspecified atom stereocenters. The van der Waals surface area contributed by atoms with Gasteiger partial charge in [0.05, 0.1) is 12.2 Å². The molecule has 2 aliphatic heterocycles. The summed E-state index contributed by atoms with van der Waals surface area (Å²) < 4.78 is 18.7. The van der Waals surface area contributed by atoms with E-state index in [2.05, 4.69) is 24.1 Å². The molecule has 0 aromatic heterocycles. The predicted molar refractivity (Wildman–Crippen MR) is 105 cm³/mol. The Kier molecular flexibility index (Phi) is 6.80. The summed E-state index contributed by atoms with van der Waals surface area (Å²) in [6.07, 6.45) is 4.87. The lowest BCUT2D eigenvalue weighted by Crippen LogP contribution is -2.53. The van der Waals surface area contributed by atoms with Crippen LogP contribution in [-0.4, -0.2) is 66.0 Å². The van der Waals surface area contributed by atoms with Crippen molar-refractivity contribution in [1.29, 1.82) is 0 Å². The Morgan fingerprint density at radius 2 is 1.68 bits per heavy atom. The van der Waals surface area contributed by atoms with Crippen LogP contribution in [0.3, 0.4) is 0 Å². The SMILES string of the molecule is C[C@@H]1CN(C2CCN(C(=O)/C=C/C(=O)Nc3ccc(F)cc3)CC2)C[C@H](C)O1. The largest absolute Gasteiger partial charge is 0.373 e. The van der Waals surface area contributed by atoms with Gasteiger partial charge in [-0.2, -0.15) is 0 Å². The lowest BCUT2D eigenvalue weighted by Gasteiger charge is -2.43. The molecular weight excluding hydrogens is 361 g/mol. The Labute approximate surface area is 165 Å². The van der Waals surface area contributed by atoms with Crippen molar-refractivity contribution in [3.63, 3.8) is 0 Å². The van der Waals surface area contributed by atoms with Crippen molar-refractivity contribution in [2.45, 2.75) is 44.9 Å². The number of ether oxygens (including phenoxy) is 1. The van der Waals surface area contributed by atoms with Gasteiger partial charge >= 0.3 is 0 Å². The molecule has 0 saturated carbocycles. The smallest absolute Gasteiger partial charge is 0.248 e. The highest BCUT2D eigenvalue weighted by Crippen LogP contribution is 2.21. The van der Waals surface area contributed by atoms with E-state index < -0.39 is 5.91 Å². The van der Waals surface area contributed by atoms with Crippen LogP contribution < -0.4 is 5.32 Å². The molecule has 0 radical (unpaired) electrons. The summed E-state index contributed by atoms with van der Waals surface area (Å²) >= 11 is 0. The van der Waals surface area contributed by atoms with Crippen LogP contribution in [0.1, 0.15) is 26.7 Å². The molecule has 0 spiro atoms. The molecule has 2 saturated heterocycles. The summed E-state index contributed by atoms with van der Waals surface area (Å²) in [5.41, 5.74) is 0.485. The zero-order chi connectivity index (χ0) is 20.1. The van der Waals surface area contributed by atoms with Crippen molar-refractivity contribution in [2.75, 3.05) is 31.5 Å². The number of likely N-dealkylation sites (tertiary alicyclic amines) is 1. The number of hydrogen-bond donors (Lipinski definition) is 1. The van der Waals surface area contributed by atoms with Crippen molar-refractivity contribution in [1.82, 2.24) is 9.80 Å². The predicted octanol–water partition coefficient (Wildman–Crippen LogP) is 2.42. The maximum absolute atomic E-state index is 12.9. The van der Waals surface area contributed by atoms with E-state index in [1.165, 1.54) is 36.4 Å². The fourth-order valence-electron chi connectivity index (χ4n) is 3.94. The molecule has 2 fully saturated rings. The molecule has 2 atom stereocenters. The van der Waals surface area contributed by atoms with E-state index in [4.69, 9.17) is 4.74 Å². The molecule has 1 aromatic carbocycles. The maximum Gasteiger partial charge on any atom is 0.248 e. The number of piperidine rings is 1. The molecule has 3 rings (SSSR count). The van der Waals surface area contributed by atoms with Crippen molar-refractivity contribution < 1.29 is 18.7 Å². The summed E-state index contributed by atoms with van der Waals surface area (Å²) in [4.78, 5) is 28.5. The van der Waals surface area contributed by atoms with Crippen molar-refractivity contribution in [3.8, 4) is 0 Å². The number of hydrogen-bond acceptors (Lipinski definition) is 4. The molecule has 0 aliphatic carbocycles. The summed E-state index contributed by atoms with van der Waals surface area (Å²) in [6.45, 7) is 7.45. The van der Waals surface area contributed by atoms with Crippen LogP contribution in [0.25, 0.3) is 0 Å². The van der Waals surface area contributed by atoms with Gasteiger partial charge in [-0.05, 0) is 51.0 Å². The monoisotopic (exact) mass is 389 g/mol. The number of anilines is 1. The topological polar surface area (TPSA) is 61.9 Å². The van der Waals surface area contributed by atoms with Crippen molar-refractivity contribution in [2.24, 2.45) is 0 Å². The van der Waals surface area contributed by atoms with Crippen LogP contribution in [0, 0.1) is 5.82 Å². The van der Waals surface area contributed by atoms with Crippen LogP contribution in [-0.2, 0) is 14.3 Å². The van der Waals surface area contributed by atoms with Crippen LogP contribution in [0.2, 0.25) is 0 Å². The number of morpholine rings is 1. The number of amides is 2. The van der Waals surface area contributed by atoms with Gasteiger partial charge in [0.2, 0.25) is 11.8 Å². The zero-order valence-corrected chi connectivity index (χ0v) is 16.4. The molecule has 2 aliphatic rings. The van der Waals surface area contributed by atoms with E-state index in [0.717, 1.165) is 25.9 Å². The Bertz CT molecular complexity index is 704. The van der Waals surface area contributed by atoms with Gasteiger partial charge in [-0.1, -0.05) is 0 Å². The quantitative estimate of drug-likeness (QED) is 0.804. The number of carbonyl (C=O) groups is 2. The second-order valence-electron chi connectivity index (χ2n) is 7.60. The molecule has 2 amide bonds. The molecule has 2 heterocycles. The van der Waals surface area contributed by atoms with E-state index in [1.807, 2.05) is 0 Å². The van der Waals surface area contributed by atoms with E-state index in [-0.39, 0.29) is 23.9 Å². The third kappa shape index (κ3) is 5.62. The number of nitrogens with one attached hydrogen (secondary N) is 1. The minimum Gasteiger partial charge on any atom is -0.373 e. The number of nitrogens with zero attached hydrogens (tertiary/aromatic N) is 2. The summed E-state index contributed by atoms with van der Waals surface area (Å²) in [5.74, 6) is -0.935. The summed E-state index contributed by atoms with van der Waals surface area (Å²) in [6, 6.07) is 5.96. The third-order valence-corrected chi connectivity index (χ3v) is 5.23. The molecule has 1 N–H and O–H groups in total. The zero-order valence-electron chi connectivity index (χ0n) is 16.4. The van der Waals surface area contributed by atoms with Gasteiger partial charge in [-0.25, -0.2) is 4.39 Å². The molecule has 6 nitrogen and oxygen atoms in total. The third-order valence-electron chi connectivity index (χ3n) is 5.23. The maximum atomic E-state index is 12.9. The Morgan fingerprint density at radius 1 is 1.07 bits per heavy atom. The van der Waals surface area contributed by atoms with Crippen LogP contribution in [0.4, 0.5) is 10.1 Å². The summed E-state index contributed by atoms with van der Waals surface area (Å²) in [7, 11) is 0. The molecule has 7 heteroatoms. The lowest BCUT2D eigenvalue weighted by molar-refractivity contribution is -0.129. The number of benzene rings is 1. The average Bonchev–Trinajstić information content (AvgIpc) is 2.67. The fourth-order valence-corrected chi connectivity index (χ4v) is 3.94. The van der Waals surface area contributed by atoms with Crippen LogP contribution >= 0.6 is 0 Å². The van der Waals surface area contributed by atoms with Crippen LogP contribution in [0.5, 0.6) is 0 Å². The highest BCUT2D eigenvalue weighted by molar-refractivity contribution is 6.03. The first-order valence-electron chi connectivity index (χ1n) is 9.84. The normalized spacial score (nSPS) is 24.5. The van der Waals surface area contributed by atoms with Crippen molar-refractivity contribution >= 4 is 17.5 Å². The molecule has 1 aromatic rings. The minimum absolute atomic E-state index is 0.156. The Morgan fingerprint density at radius 3 is 2.29 bits per heavy atom. The van der Waals surface area contributed by atoms with Gasteiger partial charge in [0.1, 0.15) is 5.82 Å². The highest BCUT2D eigenvalue weighted by atomic mass is 19.1. The van der Waals surface area contributed by atoms with E-state index in [9.17, 15) is 14.0 Å². The molecule has 28 heavy (non-hydrogen) atoms. The van der Waals surface area contributed by atoms with Crippen molar-refractivity contribution in [3.05, 3.63) is 42.2 Å². The van der Waals surface area contributed by atoms with Crippen LogP contribution in [0.15, 0.2) is 36.4 Å². The fraction of sp³-hybridized carbons (Fsp3) is 0.524. The number of carbonyl (C=O) groups excluding carboxylic acids is 2. The lowest BCUT2D eigenvalue weighted by atomic mass is 10.0. The summed E-state index contributed by atoms with van der Waals surface area (Å²) in [5, 5.41) is 2.60. The van der Waals surface area contributed by atoms with Gasteiger partial charge in [0.15, 0.2) is 0 Å². The average molecular weight is 389 g/mol.